The Morgan fingerprint density at radius 3 is 2.90 bits per heavy atom. The number of benzene rings is 1. The lowest BCUT2D eigenvalue weighted by atomic mass is 10.0. The highest BCUT2D eigenvalue weighted by Gasteiger charge is 2.24. The van der Waals surface area contributed by atoms with Gasteiger partial charge in [-0.15, -0.1) is 5.10 Å². The Kier molecular flexibility index (Phi) is 2.43. The van der Waals surface area contributed by atoms with E-state index in [9.17, 15) is 4.79 Å². The first kappa shape index (κ1) is 11.6. The van der Waals surface area contributed by atoms with Crippen molar-refractivity contribution in [2.24, 2.45) is 0 Å². The van der Waals surface area contributed by atoms with E-state index in [1.54, 1.807) is 0 Å². The number of tetrazole rings is 1. The molecule has 0 radical (unpaired) electrons. The predicted molar refractivity (Wildman–Crippen MR) is 76.9 cm³/mol. The SMILES string of the molecule is O=C1Nc2ccc(-c3nnn[nH]3)cc2/C1=C/c1ccc[nH]1. The van der Waals surface area contributed by atoms with Gasteiger partial charge in [0.1, 0.15) is 0 Å². The van der Waals surface area contributed by atoms with Gasteiger partial charge in [0.2, 0.25) is 0 Å². The van der Waals surface area contributed by atoms with Crippen LogP contribution in [0.15, 0.2) is 36.5 Å². The summed E-state index contributed by atoms with van der Waals surface area (Å²) in [6.07, 6.45) is 3.64. The van der Waals surface area contributed by atoms with Crippen LogP contribution in [-0.4, -0.2) is 31.5 Å². The van der Waals surface area contributed by atoms with E-state index in [1.807, 2.05) is 42.6 Å². The van der Waals surface area contributed by atoms with Crippen LogP contribution in [0.4, 0.5) is 5.69 Å². The van der Waals surface area contributed by atoms with E-state index < -0.39 is 0 Å². The van der Waals surface area contributed by atoms with Crippen molar-refractivity contribution in [3.05, 3.63) is 47.8 Å². The zero-order chi connectivity index (χ0) is 14.2. The van der Waals surface area contributed by atoms with Gasteiger partial charge in [-0.1, -0.05) is 0 Å². The molecule has 0 atom stereocenters. The van der Waals surface area contributed by atoms with Crippen LogP contribution in [0.25, 0.3) is 23.0 Å². The van der Waals surface area contributed by atoms with Crippen LogP contribution in [0, 0.1) is 0 Å². The first-order valence-corrected chi connectivity index (χ1v) is 6.36. The molecule has 0 fully saturated rings. The van der Waals surface area contributed by atoms with Crippen molar-refractivity contribution in [1.29, 1.82) is 0 Å². The lowest BCUT2D eigenvalue weighted by molar-refractivity contribution is -0.110. The number of rotatable bonds is 2. The van der Waals surface area contributed by atoms with Crippen LogP contribution in [0.3, 0.4) is 0 Å². The Morgan fingerprint density at radius 1 is 1.19 bits per heavy atom. The van der Waals surface area contributed by atoms with Crippen LogP contribution in [-0.2, 0) is 4.79 Å². The van der Waals surface area contributed by atoms with E-state index in [0.717, 1.165) is 22.5 Å². The second-order valence-corrected chi connectivity index (χ2v) is 4.65. The molecule has 1 aromatic carbocycles. The van der Waals surface area contributed by atoms with Crippen molar-refractivity contribution in [2.45, 2.75) is 0 Å². The van der Waals surface area contributed by atoms with E-state index in [4.69, 9.17) is 0 Å². The number of hydrogen-bond donors (Lipinski definition) is 3. The summed E-state index contributed by atoms with van der Waals surface area (Å²) in [6.45, 7) is 0. The van der Waals surface area contributed by atoms with Crippen molar-refractivity contribution >= 4 is 23.2 Å². The van der Waals surface area contributed by atoms with Gasteiger partial charge in [-0.05, 0) is 46.8 Å². The Balaban J connectivity index is 1.84. The summed E-state index contributed by atoms with van der Waals surface area (Å²) in [5, 5.41) is 16.6. The second-order valence-electron chi connectivity index (χ2n) is 4.65. The monoisotopic (exact) mass is 278 g/mol. The number of H-pyrrole nitrogens is 2. The number of hydrogen-bond acceptors (Lipinski definition) is 4. The second kappa shape index (κ2) is 4.41. The standard InChI is InChI=1S/C14H10N6O/c21-14-11(7-9-2-1-5-15-9)10-6-8(3-4-12(10)16-14)13-17-19-20-18-13/h1-7,15H,(H,16,21)(H,17,18,19,20)/b11-7-. The quantitative estimate of drug-likeness (QED) is 0.621. The molecule has 7 heteroatoms. The third-order valence-electron chi connectivity index (χ3n) is 3.34. The molecule has 4 rings (SSSR count). The molecule has 0 aliphatic carbocycles. The molecular formula is C14H10N6O. The third-order valence-corrected chi connectivity index (χ3v) is 3.34. The third kappa shape index (κ3) is 1.91. The molecule has 1 aliphatic rings. The van der Waals surface area contributed by atoms with Gasteiger partial charge in [-0.3, -0.25) is 4.79 Å². The van der Waals surface area contributed by atoms with Crippen molar-refractivity contribution in [1.82, 2.24) is 25.6 Å². The molecule has 3 aromatic rings. The lowest BCUT2D eigenvalue weighted by Crippen LogP contribution is -2.03. The number of amides is 1. The first-order valence-electron chi connectivity index (χ1n) is 6.36. The fraction of sp³-hybridized carbons (Fsp3) is 0. The van der Waals surface area contributed by atoms with Gasteiger partial charge in [-0.25, -0.2) is 5.10 Å². The average molecular weight is 278 g/mol. The van der Waals surface area contributed by atoms with Gasteiger partial charge >= 0.3 is 0 Å². The molecule has 3 heterocycles. The summed E-state index contributed by atoms with van der Waals surface area (Å²) >= 11 is 0. The van der Waals surface area contributed by atoms with Crippen molar-refractivity contribution in [2.75, 3.05) is 5.32 Å². The number of aromatic amines is 2. The smallest absolute Gasteiger partial charge is 0.256 e. The minimum atomic E-state index is -0.118. The molecule has 3 N–H and O–H groups in total. The highest BCUT2D eigenvalue weighted by atomic mass is 16.2. The largest absolute Gasteiger partial charge is 0.362 e. The Labute approximate surface area is 119 Å². The van der Waals surface area contributed by atoms with Crippen molar-refractivity contribution < 1.29 is 4.79 Å². The van der Waals surface area contributed by atoms with Gasteiger partial charge in [0.15, 0.2) is 5.82 Å². The first-order chi connectivity index (χ1) is 10.3. The van der Waals surface area contributed by atoms with E-state index in [1.165, 1.54) is 0 Å². The summed E-state index contributed by atoms with van der Waals surface area (Å²) < 4.78 is 0. The summed E-state index contributed by atoms with van der Waals surface area (Å²) in [5.74, 6) is 0.448. The van der Waals surface area contributed by atoms with Gasteiger partial charge < -0.3 is 10.3 Å². The number of anilines is 1. The van der Waals surface area contributed by atoms with Crippen LogP contribution in [0.5, 0.6) is 0 Å². The molecule has 7 nitrogen and oxygen atoms in total. The number of fused-ring (bicyclic) bond motifs is 1. The maximum absolute atomic E-state index is 12.1. The summed E-state index contributed by atoms with van der Waals surface area (Å²) in [4.78, 5) is 15.2. The Morgan fingerprint density at radius 2 is 2.14 bits per heavy atom. The van der Waals surface area contributed by atoms with Gasteiger partial charge in [-0.2, -0.15) is 0 Å². The average Bonchev–Trinajstić information content (AvgIpc) is 3.22. The number of carbonyl (C=O) groups is 1. The van der Waals surface area contributed by atoms with Gasteiger partial charge in [0, 0.05) is 28.7 Å². The number of nitrogens with one attached hydrogen (secondary N) is 3. The Hall–Kier alpha value is -3.22. The van der Waals surface area contributed by atoms with Crippen molar-refractivity contribution in [3.63, 3.8) is 0 Å². The molecule has 1 aliphatic heterocycles. The molecule has 2 aromatic heterocycles. The van der Waals surface area contributed by atoms with E-state index >= 15 is 0 Å². The normalized spacial score (nSPS) is 15.2. The minimum Gasteiger partial charge on any atom is -0.362 e. The summed E-state index contributed by atoms with van der Waals surface area (Å²) in [5.41, 5.74) is 3.94. The molecule has 0 saturated heterocycles. The van der Waals surface area contributed by atoms with E-state index in [-0.39, 0.29) is 5.91 Å². The number of nitrogens with zero attached hydrogens (tertiary/aromatic N) is 3. The van der Waals surface area contributed by atoms with E-state index in [2.05, 4.69) is 30.9 Å². The number of aromatic nitrogens is 5. The van der Waals surface area contributed by atoms with Crippen LogP contribution in [0.2, 0.25) is 0 Å². The predicted octanol–water partition coefficient (Wildman–Crippen LogP) is 1.69. The van der Waals surface area contributed by atoms with Gasteiger partial charge in [0.05, 0.1) is 5.57 Å². The zero-order valence-corrected chi connectivity index (χ0v) is 10.8. The maximum Gasteiger partial charge on any atom is 0.256 e. The van der Waals surface area contributed by atoms with Gasteiger partial charge in [0.25, 0.3) is 5.91 Å². The summed E-state index contributed by atoms with van der Waals surface area (Å²) in [6, 6.07) is 9.39. The molecule has 0 unspecified atom stereocenters. The molecule has 21 heavy (non-hydrogen) atoms. The molecular weight excluding hydrogens is 268 g/mol. The molecule has 102 valence electrons. The fourth-order valence-corrected chi connectivity index (χ4v) is 2.35. The van der Waals surface area contributed by atoms with E-state index in [0.29, 0.717) is 11.4 Å². The minimum absolute atomic E-state index is 0.118. The molecule has 0 bridgehead atoms. The van der Waals surface area contributed by atoms with Crippen molar-refractivity contribution in [3.8, 4) is 11.4 Å². The van der Waals surface area contributed by atoms with Crippen LogP contribution in [0.1, 0.15) is 11.3 Å². The highest BCUT2D eigenvalue weighted by Crippen LogP contribution is 2.35. The molecule has 1 amide bonds. The molecule has 0 saturated carbocycles. The fourth-order valence-electron chi connectivity index (χ4n) is 2.35. The maximum atomic E-state index is 12.1. The zero-order valence-electron chi connectivity index (χ0n) is 10.8. The van der Waals surface area contributed by atoms with Crippen LogP contribution < -0.4 is 5.32 Å². The van der Waals surface area contributed by atoms with Crippen LogP contribution >= 0.6 is 0 Å². The lowest BCUT2D eigenvalue weighted by Gasteiger charge is -2.01. The number of carbonyl (C=O) groups excluding carboxylic acids is 1. The molecule has 0 spiro atoms. The summed E-state index contributed by atoms with van der Waals surface area (Å²) in [7, 11) is 0. The topological polar surface area (TPSA) is 99.3 Å². The Bertz CT molecular complexity index is 832. The highest BCUT2D eigenvalue weighted by molar-refractivity contribution is 6.35.